The zero-order valence-electron chi connectivity index (χ0n) is 21.3. The summed E-state index contributed by atoms with van der Waals surface area (Å²) in [6.45, 7) is 6.92. The molecule has 0 radical (unpaired) electrons. The molecule has 0 N–H and O–H groups in total. The van der Waals surface area contributed by atoms with Crippen LogP contribution in [-0.4, -0.2) is 28.0 Å². The van der Waals surface area contributed by atoms with Crippen LogP contribution in [0.15, 0.2) is 102 Å². The van der Waals surface area contributed by atoms with Crippen LogP contribution in [0.4, 0.5) is 5.69 Å². The van der Waals surface area contributed by atoms with Gasteiger partial charge in [0.15, 0.2) is 0 Å². The molecule has 0 fully saturated rings. The van der Waals surface area contributed by atoms with Gasteiger partial charge in [0.25, 0.3) is 5.91 Å². The second-order valence-corrected chi connectivity index (χ2v) is 9.46. The molecule has 4 aromatic rings. The monoisotopic (exact) mass is 490 g/mol. The molecule has 6 heteroatoms. The van der Waals surface area contributed by atoms with E-state index in [9.17, 15) is 4.79 Å². The van der Waals surface area contributed by atoms with Crippen LogP contribution in [0.1, 0.15) is 32.8 Å². The van der Waals surface area contributed by atoms with Crippen LogP contribution in [0.2, 0.25) is 0 Å². The summed E-state index contributed by atoms with van der Waals surface area (Å²) >= 11 is 0. The van der Waals surface area contributed by atoms with E-state index in [1.54, 1.807) is 0 Å². The van der Waals surface area contributed by atoms with E-state index in [-0.39, 0.29) is 5.91 Å². The van der Waals surface area contributed by atoms with E-state index < -0.39 is 0 Å². The van der Waals surface area contributed by atoms with Crippen LogP contribution in [0, 0.1) is 5.92 Å². The van der Waals surface area contributed by atoms with Crippen molar-refractivity contribution >= 4 is 23.4 Å². The van der Waals surface area contributed by atoms with Gasteiger partial charge in [-0.05, 0) is 73.9 Å². The maximum absolute atomic E-state index is 13.3. The molecule has 1 aliphatic rings. The average molecular weight is 491 g/mol. The molecule has 6 nitrogen and oxygen atoms in total. The number of anilines is 1. The van der Waals surface area contributed by atoms with Crippen molar-refractivity contribution in [3.05, 3.63) is 102 Å². The van der Waals surface area contributed by atoms with Crippen molar-refractivity contribution in [2.75, 3.05) is 11.6 Å². The first-order valence-corrected chi connectivity index (χ1v) is 12.5. The first-order chi connectivity index (χ1) is 18.0. The third-order valence-electron chi connectivity index (χ3n) is 6.22. The summed E-state index contributed by atoms with van der Waals surface area (Å²) in [7, 11) is 0. The van der Waals surface area contributed by atoms with E-state index in [4.69, 9.17) is 9.84 Å². The van der Waals surface area contributed by atoms with E-state index in [0.717, 1.165) is 40.4 Å². The van der Waals surface area contributed by atoms with Gasteiger partial charge < -0.3 is 4.74 Å². The lowest BCUT2D eigenvalue weighted by molar-refractivity contribution is -0.114. The molecule has 0 unspecified atom stereocenters. The molecule has 1 amide bonds. The lowest BCUT2D eigenvalue weighted by Crippen LogP contribution is -2.21. The molecule has 5 rings (SSSR count). The van der Waals surface area contributed by atoms with Gasteiger partial charge in [-0.15, -0.1) is 0 Å². The molecular weight excluding hydrogens is 460 g/mol. The maximum atomic E-state index is 13.3. The van der Waals surface area contributed by atoms with Gasteiger partial charge in [-0.25, -0.2) is 4.68 Å². The quantitative estimate of drug-likeness (QED) is 0.256. The van der Waals surface area contributed by atoms with Gasteiger partial charge in [0.1, 0.15) is 5.75 Å². The van der Waals surface area contributed by atoms with Crippen LogP contribution >= 0.6 is 0 Å². The molecule has 0 aliphatic carbocycles. The van der Waals surface area contributed by atoms with Crippen LogP contribution in [0.5, 0.6) is 5.75 Å². The second kappa shape index (κ2) is 10.7. The van der Waals surface area contributed by atoms with Crippen molar-refractivity contribution in [3.8, 4) is 22.7 Å². The number of ether oxygens (including phenoxy) is 1. The van der Waals surface area contributed by atoms with E-state index in [1.165, 1.54) is 5.01 Å². The number of carbonyl (C=O) groups excluding carboxylic acids is 1. The molecule has 2 heterocycles. The predicted molar refractivity (Wildman–Crippen MR) is 149 cm³/mol. The molecule has 3 aromatic carbocycles. The summed E-state index contributed by atoms with van der Waals surface area (Å²) in [5, 5.41) is 10.9. The minimum absolute atomic E-state index is 0.156. The molecule has 0 saturated carbocycles. The maximum Gasteiger partial charge on any atom is 0.280 e. The minimum atomic E-state index is -0.156. The fourth-order valence-electron chi connectivity index (χ4n) is 4.14. The number of nitrogens with zero attached hydrogens (tertiary/aromatic N) is 4. The number of hydrazone groups is 1. The minimum Gasteiger partial charge on any atom is -0.494 e. The number of amides is 1. The Kier molecular flexibility index (Phi) is 6.99. The van der Waals surface area contributed by atoms with Crippen molar-refractivity contribution in [2.24, 2.45) is 11.0 Å². The summed E-state index contributed by atoms with van der Waals surface area (Å²) < 4.78 is 7.74. The Balaban J connectivity index is 1.50. The van der Waals surface area contributed by atoms with Gasteiger partial charge in [-0.2, -0.15) is 15.2 Å². The van der Waals surface area contributed by atoms with E-state index in [1.807, 2.05) is 109 Å². The number of benzene rings is 3. The van der Waals surface area contributed by atoms with Crippen LogP contribution in [0.25, 0.3) is 23.0 Å². The Labute approximate surface area is 217 Å². The number of hydrogen-bond donors (Lipinski definition) is 0. The highest BCUT2D eigenvalue weighted by Gasteiger charge is 2.29. The normalized spacial score (nSPS) is 14.5. The third-order valence-corrected chi connectivity index (χ3v) is 6.22. The van der Waals surface area contributed by atoms with E-state index in [0.29, 0.717) is 23.8 Å². The van der Waals surface area contributed by atoms with Gasteiger partial charge in [0.05, 0.1) is 35.0 Å². The summed E-state index contributed by atoms with van der Waals surface area (Å²) in [5.41, 5.74) is 5.46. The van der Waals surface area contributed by atoms with Gasteiger partial charge >= 0.3 is 0 Å². The second-order valence-electron chi connectivity index (χ2n) is 9.46. The first-order valence-electron chi connectivity index (χ1n) is 12.5. The lowest BCUT2D eigenvalue weighted by Gasteiger charge is -2.11. The number of aromatic nitrogens is 2. The molecule has 1 aliphatic heterocycles. The smallest absolute Gasteiger partial charge is 0.280 e. The van der Waals surface area contributed by atoms with Crippen molar-refractivity contribution in [2.45, 2.75) is 27.2 Å². The first kappa shape index (κ1) is 24.3. The predicted octanol–water partition coefficient (Wildman–Crippen LogP) is 6.77. The highest BCUT2D eigenvalue weighted by molar-refractivity contribution is 6.32. The molecule has 37 heavy (non-hydrogen) atoms. The Bertz CT molecular complexity index is 1440. The molecule has 1 aromatic heterocycles. The van der Waals surface area contributed by atoms with Gasteiger partial charge in [-0.1, -0.05) is 50.2 Å². The summed E-state index contributed by atoms with van der Waals surface area (Å²) in [5.74, 6) is 1.27. The van der Waals surface area contributed by atoms with Gasteiger partial charge in [0, 0.05) is 17.3 Å². The number of para-hydroxylation sites is 2. The summed E-state index contributed by atoms with van der Waals surface area (Å²) in [4.78, 5) is 13.3. The Morgan fingerprint density at radius 3 is 2.19 bits per heavy atom. The van der Waals surface area contributed by atoms with Crippen LogP contribution in [0.3, 0.4) is 0 Å². The Morgan fingerprint density at radius 2 is 1.54 bits per heavy atom. The Hall–Kier alpha value is -4.45. The zero-order valence-corrected chi connectivity index (χ0v) is 21.3. The van der Waals surface area contributed by atoms with Crippen molar-refractivity contribution < 1.29 is 9.53 Å². The van der Waals surface area contributed by atoms with Crippen LogP contribution < -0.4 is 9.75 Å². The van der Waals surface area contributed by atoms with Crippen molar-refractivity contribution in [1.82, 2.24) is 9.78 Å². The third kappa shape index (κ3) is 5.38. The molecule has 0 bridgehead atoms. The Morgan fingerprint density at radius 1 is 0.892 bits per heavy atom. The number of hydrogen-bond acceptors (Lipinski definition) is 4. The molecule has 0 atom stereocenters. The van der Waals surface area contributed by atoms with Gasteiger partial charge in [-0.3, -0.25) is 4.79 Å². The molecule has 0 saturated heterocycles. The van der Waals surface area contributed by atoms with E-state index in [2.05, 4.69) is 18.9 Å². The largest absolute Gasteiger partial charge is 0.494 e. The molecule has 186 valence electrons. The fraction of sp³-hybridized carbons (Fsp3) is 0.194. The lowest BCUT2D eigenvalue weighted by atomic mass is 10.0. The summed E-state index contributed by atoms with van der Waals surface area (Å²) in [6.07, 6.45) is 4.85. The number of rotatable bonds is 8. The fourth-order valence-corrected chi connectivity index (χ4v) is 4.14. The highest BCUT2D eigenvalue weighted by Crippen LogP contribution is 2.30. The van der Waals surface area contributed by atoms with Crippen LogP contribution in [-0.2, 0) is 4.79 Å². The van der Waals surface area contributed by atoms with E-state index >= 15 is 0 Å². The average Bonchev–Trinajstić information content (AvgIpc) is 3.47. The summed E-state index contributed by atoms with van der Waals surface area (Å²) in [6, 6.07) is 27.4. The topological polar surface area (TPSA) is 59.7 Å². The van der Waals surface area contributed by atoms with Crippen molar-refractivity contribution in [1.29, 1.82) is 0 Å². The van der Waals surface area contributed by atoms with Crippen molar-refractivity contribution in [3.63, 3.8) is 0 Å². The van der Waals surface area contributed by atoms with Gasteiger partial charge in [0.2, 0.25) is 0 Å². The molecule has 0 spiro atoms. The highest BCUT2D eigenvalue weighted by atomic mass is 16.5. The standard InChI is InChI=1S/C31H30N4O2/c1-22(2)18-19-37-28-16-14-24(15-17-28)30-25(21-34(33-30)26-10-6-4-7-11-26)20-29-23(3)32-35(31(29)36)27-12-8-5-9-13-27/h4-17,20-22H,18-19H2,1-3H3/b29-20-. The molecular formula is C31H30N4O2. The zero-order chi connectivity index (χ0) is 25.8. The number of carbonyl (C=O) groups is 1. The SMILES string of the molecule is CC1=NN(c2ccccc2)C(=O)/C1=C\c1cn(-c2ccccc2)nc1-c1ccc(OCCC(C)C)cc1.